The number of nitrogens with zero attached hydrogens (tertiary/aromatic N) is 4. The Balaban J connectivity index is 2.06. The minimum absolute atomic E-state index is 0.172. The molecule has 2 rings (SSSR count). The third kappa shape index (κ3) is 3.07. The van der Waals surface area contributed by atoms with Crippen LogP contribution in [0.15, 0.2) is 24.5 Å². The highest BCUT2D eigenvalue weighted by molar-refractivity contribution is 5.41. The largest absolute Gasteiger partial charge is 0.485 e. The fourth-order valence-corrected chi connectivity index (χ4v) is 1.69. The molecule has 0 atom stereocenters. The Morgan fingerprint density at radius 1 is 1.47 bits per heavy atom. The number of rotatable bonds is 5. The van der Waals surface area contributed by atoms with E-state index in [1.54, 1.807) is 18.2 Å². The van der Waals surface area contributed by atoms with E-state index in [4.69, 9.17) is 10.00 Å². The molecule has 1 aromatic carbocycles. The Morgan fingerprint density at radius 3 is 3.00 bits per heavy atom. The number of hydrogen-bond donors (Lipinski definition) is 0. The average molecular weight is 260 g/mol. The Kier molecular flexibility index (Phi) is 4.08. The maximum atomic E-state index is 12.3. The summed E-state index contributed by atoms with van der Waals surface area (Å²) in [6.45, 7) is 1.76. The zero-order chi connectivity index (χ0) is 13.7. The number of halogens is 1. The molecule has 0 fully saturated rings. The zero-order valence-electron chi connectivity index (χ0n) is 10.5. The first-order chi connectivity index (χ1) is 9.24. The van der Waals surface area contributed by atoms with E-state index >= 15 is 0 Å². The number of aromatic nitrogens is 3. The van der Waals surface area contributed by atoms with Crippen LogP contribution in [-0.2, 0) is 13.2 Å². The fourth-order valence-electron chi connectivity index (χ4n) is 1.69. The van der Waals surface area contributed by atoms with Gasteiger partial charge < -0.3 is 4.74 Å². The normalized spacial score (nSPS) is 10.2. The van der Waals surface area contributed by atoms with Gasteiger partial charge in [0.15, 0.2) is 5.82 Å². The van der Waals surface area contributed by atoms with Gasteiger partial charge in [-0.3, -0.25) is 0 Å². The SMILES string of the molecule is Cc1cc(C#N)ccc1OCc1ncnn1CCF. The second-order valence-electron chi connectivity index (χ2n) is 3.97. The number of alkyl halides is 1. The number of aryl methyl sites for hydroxylation is 2. The van der Waals surface area contributed by atoms with Crippen LogP contribution in [0.3, 0.4) is 0 Å². The summed E-state index contributed by atoms with van der Waals surface area (Å²) >= 11 is 0. The summed E-state index contributed by atoms with van der Waals surface area (Å²) in [6.07, 6.45) is 1.37. The highest BCUT2D eigenvalue weighted by Crippen LogP contribution is 2.19. The first kappa shape index (κ1) is 13.0. The van der Waals surface area contributed by atoms with Crippen molar-refractivity contribution in [2.75, 3.05) is 6.67 Å². The summed E-state index contributed by atoms with van der Waals surface area (Å²) in [7, 11) is 0. The molecular formula is C13H13FN4O. The third-order valence-electron chi connectivity index (χ3n) is 2.65. The van der Waals surface area contributed by atoms with Crippen molar-refractivity contribution in [1.82, 2.24) is 14.8 Å². The van der Waals surface area contributed by atoms with Gasteiger partial charge in [0, 0.05) is 0 Å². The standard InChI is InChI=1S/C13H13FN4O/c1-10-6-11(7-15)2-3-12(10)19-8-13-16-9-17-18(13)5-4-14/h2-3,6,9H,4-5,8H2,1H3. The van der Waals surface area contributed by atoms with Crippen LogP contribution < -0.4 is 4.74 Å². The van der Waals surface area contributed by atoms with Gasteiger partial charge in [0.25, 0.3) is 0 Å². The van der Waals surface area contributed by atoms with Crippen LogP contribution in [0, 0.1) is 18.3 Å². The molecule has 19 heavy (non-hydrogen) atoms. The van der Waals surface area contributed by atoms with E-state index in [9.17, 15) is 4.39 Å². The third-order valence-corrected chi connectivity index (χ3v) is 2.65. The minimum atomic E-state index is -0.494. The molecule has 5 nitrogen and oxygen atoms in total. The highest BCUT2D eigenvalue weighted by Gasteiger charge is 2.07. The van der Waals surface area contributed by atoms with Crippen LogP contribution in [0.4, 0.5) is 4.39 Å². The lowest BCUT2D eigenvalue weighted by Gasteiger charge is -2.09. The second kappa shape index (κ2) is 5.96. The minimum Gasteiger partial charge on any atom is -0.485 e. The van der Waals surface area contributed by atoms with Crippen molar-refractivity contribution in [3.8, 4) is 11.8 Å². The molecule has 0 N–H and O–H groups in total. The molecule has 0 saturated heterocycles. The lowest BCUT2D eigenvalue weighted by Crippen LogP contribution is -2.10. The highest BCUT2D eigenvalue weighted by atomic mass is 19.1. The van der Waals surface area contributed by atoms with Gasteiger partial charge >= 0.3 is 0 Å². The topological polar surface area (TPSA) is 63.7 Å². The molecule has 0 unspecified atom stereocenters. The maximum Gasteiger partial charge on any atom is 0.164 e. The van der Waals surface area contributed by atoms with E-state index in [1.807, 2.05) is 6.92 Å². The van der Waals surface area contributed by atoms with Gasteiger partial charge in [-0.25, -0.2) is 14.1 Å². The van der Waals surface area contributed by atoms with Gasteiger partial charge in [0.2, 0.25) is 0 Å². The molecule has 0 aliphatic rings. The quantitative estimate of drug-likeness (QED) is 0.824. The molecule has 0 saturated carbocycles. The molecule has 1 aromatic heterocycles. The summed E-state index contributed by atoms with van der Waals surface area (Å²) in [4.78, 5) is 4.02. The van der Waals surface area contributed by atoms with Crippen molar-refractivity contribution >= 4 is 0 Å². The molecule has 0 spiro atoms. The van der Waals surface area contributed by atoms with Gasteiger partial charge in [-0.15, -0.1) is 0 Å². The number of nitriles is 1. The van der Waals surface area contributed by atoms with Gasteiger partial charge in [-0.2, -0.15) is 10.4 Å². The fraction of sp³-hybridized carbons (Fsp3) is 0.308. The lowest BCUT2D eigenvalue weighted by atomic mass is 10.1. The average Bonchev–Trinajstić information content (AvgIpc) is 2.85. The van der Waals surface area contributed by atoms with Crippen LogP contribution >= 0.6 is 0 Å². The van der Waals surface area contributed by atoms with Crippen LogP contribution in [0.2, 0.25) is 0 Å². The van der Waals surface area contributed by atoms with E-state index in [0.29, 0.717) is 17.1 Å². The van der Waals surface area contributed by atoms with Gasteiger partial charge in [0.1, 0.15) is 25.4 Å². The van der Waals surface area contributed by atoms with Crippen LogP contribution in [0.1, 0.15) is 17.0 Å². The number of hydrogen-bond acceptors (Lipinski definition) is 4. The van der Waals surface area contributed by atoms with Gasteiger partial charge in [-0.05, 0) is 30.7 Å². The van der Waals surface area contributed by atoms with Crippen molar-refractivity contribution in [2.45, 2.75) is 20.1 Å². The first-order valence-corrected chi connectivity index (χ1v) is 5.81. The maximum absolute atomic E-state index is 12.3. The smallest absolute Gasteiger partial charge is 0.164 e. The van der Waals surface area contributed by atoms with Crippen LogP contribution in [0.5, 0.6) is 5.75 Å². The van der Waals surface area contributed by atoms with E-state index in [2.05, 4.69) is 16.2 Å². The molecule has 0 aliphatic carbocycles. The van der Waals surface area contributed by atoms with Crippen LogP contribution in [0.25, 0.3) is 0 Å². The van der Waals surface area contributed by atoms with E-state index in [0.717, 1.165) is 5.56 Å². The van der Waals surface area contributed by atoms with Gasteiger partial charge in [-0.1, -0.05) is 0 Å². The zero-order valence-corrected chi connectivity index (χ0v) is 10.5. The summed E-state index contributed by atoms with van der Waals surface area (Å²) in [5.74, 6) is 1.25. The Bertz CT molecular complexity index is 603. The number of ether oxygens (including phenoxy) is 1. The van der Waals surface area contributed by atoms with Crippen molar-refractivity contribution in [3.05, 3.63) is 41.5 Å². The summed E-state index contributed by atoms with van der Waals surface area (Å²) in [5.41, 5.74) is 1.46. The molecule has 2 aromatic rings. The molecule has 0 aliphatic heterocycles. The Hall–Kier alpha value is -2.42. The molecule has 0 radical (unpaired) electrons. The summed E-state index contributed by atoms with van der Waals surface area (Å²) in [6, 6.07) is 7.25. The van der Waals surface area contributed by atoms with Crippen molar-refractivity contribution in [2.24, 2.45) is 0 Å². The van der Waals surface area contributed by atoms with Gasteiger partial charge in [0.05, 0.1) is 18.2 Å². The summed E-state index contributed by atoms with van der Waals surface area (Å²) in [5, 5.41) is 12.7. The van der Waals surface area contributed by atoms with E-state index < -0.39 is 6.67 Å². The molecule has 0 bridgehead atoms. The molecule has 1 heterocycles. The Morgan fingerprint density at radius 2 is 2.32 bits per heavy atom. The molecule has 6 heteroatoms. The molecule has 98 valence electrons. The second-order valence-corrected chi connectivity index (χ2v) is 3.97. The van der Waals surface area contributed by atoms with E-state index in [1.165, 1.54) is 11.0 Å². The lowest BCUT2D eigenvalue weighted by molar-refractivity contribution is 0.281. The predicted molar refractivity (Wildman–Crippen MR) is 66.2 cm³/mol. The number of benzene rings is 1. The van der Waals surface area contributed by atoms with E-state index in [-0.39, 0.29) is 13.2 Å². The summed E-state index contributed by atoms with van der Waals surface area (Å²) < 4.78 is 19.4. The first-order valence-electron chi connectivity index (χ1n) is 5.81. The monoisotopic (exact) mass is 260 g/mol. The van der Waals surface area contributed by atoms with Crippen molar-refractivity contribution in [3.63, 3.8) is 0 Å². The van der Waals surface area contributed by atoms with Crippen molar-refractivity contribution in [1.29, 1.82) is 5.26 Å². The molecule has 0 amide bonds. The Labute approximate surface area is 110 Å². The van der Waals surface area contributed by atoms with Crippen LogP contribution in [-0.4, -0.2) is 21.4 Å². The molecular weight excluding hydrogens is 247 g/mol. The predicted octanol–water partition coefficient (Wildman–Crippen LogP) is 2.01. The van der Waals surface area contributed by atoms with Crippen molar-refractivity contribution < 1.29 is 9.13 Å².